The number of hydrogen-bond donors (Lipinski definition) is 1. The SMILES string of the molecule is Cc1ccnc(Cc2n[nH]c(=O)c3ccccc23)c1. The van der Waals surface area contributed by atoms with Gasteiger partial charge in [0.1, 0.15) is 0 Å². The third-order valence-corrected chi connectivity index (χ3v) is 3.10. The number of H-pyrrole nitrogens is 1. The number of aromatic amines is 1. The highest BCUT2D eigenvalue weighted by atomic mass is 16.1. The summed E-state index contributed by atoms with van der Waals surface area (Å²) in [7, 11) is 0. The highest BCUT2D eigenvalue weighted by molar-refractivity contribution is 5.83. The highest BCUT2D eigenvalue weighted by Gasteiger charge is 2.07. The van der Waals surface area contributed by atoms with Crippen molar-refractivity contribution in [3.8, 4) is 0 Å². The molecule has 94 valence electrons. The smallest absolute Gasteiger partial charge is 0.267 e. The Morgan fingerprint density at radius 3 is 2.74 bits per heavy atom. The van der Waals surface area contributed by atoms with Crippen molar-refractivity contribution < 1.29 is 0 Å². The van der Waals surface area contributed by atoms with E-state index in [-0.39, 0.29) is 5.56 Å². The van der Waals surface area contributed by atoms with E-state index in [1.165, 1.54) is 5.56 Å². The van der Waals surface area contributed by atoms with E-state index in [4.69, 9.17) is 0 Å². The van der Waals surface area contributed by atoms with E-state index < -0.39 is 0 Å². The molecule has 0 aliphatic carbocycles. The fourth-order valence-electron chi connectivity index (χ4n) is 2.17. The molecule has 0 atom stereocenters. The Balaban J connectivity index is 2.11. The van der Waals surface area contributed by atoms with Crippen LogP contribution in [0.5, 0.6) is 0 Å². The van der Waals surface area contributed by atoms with Crippen LogP contribution in [-0.4, -0.2) is 15.2 Å². The maximum absolute atomic E-state index is 11.7. The summed E-state index contributed by atoms with van der Waals surface area (Å²) in [5, 5.41) is 8.25. The lowest BCUT2D eigenvalue weighted by atomic mass is 10.1. The van der Waals surface area contributed by atoms with Gasteiger partial charge in [-0.15, -0.1) is 0 Å². The maximum Gasteiger partial charge on any atom is 0.272 e. The molecule has 2 heterocycles. The summed E-state index contributed by atoms with van der Waals surface area (Å²) in [5.74, 6) is 0. The van der Waals surface area contributed by atoms with Gasteiger partial charge in [0.25, 0.3) is 5.56 Å². The first-order valence-electron chi connectivity index (χ1n) is 6.12. The van der Waals surface area contributed by atoms with Crippen molar-refractivity contribution in [3.05, 3.63) is 69.9 Å². The molecule has 0 unspecified atom stereocenters. The van der Waals surface area contributed by atoms with Crippen LogP contribution in [0.1, 0.15) is 17.0 Å². The monoisotopic (exact) mass is 251 g/mol. The van der Waals surface area contributed by atoms with Gasteiger partial charge in [-0.3, -0.25) is 9.78 Å². The van der Waals surface area contributed by atoms with Crippen LogP contribution in [0, 0.1) is 6.92 Å². The van der Waals surface area contributed by atoms with Crippen LogP contribution in [0.2, 0.25) is 0 Å². The molecule has 0 saturated heterocycles. The lowest BCUT2D eigenvalue weighted by Gasteiger charge is -2.05. The highest BCUT2D eigenvalue weighted by Crippen LogP contribution is 2.15. The molecular weight excluding hydrogens is 238 g/mol. The first-order valence-corrected chi connectivity index (χ1v) is 6.12. The lowest BCUT2D eigenvalue weighted by Crippen LogP contribution is -2.11. The molecule has 0 radical (unpaired) electrons. The average molecular weight is 251 g/mol. The molecule has 0 spiro atoms. The van der Waals surface area contributed by atoms with Gasteiger partial charge < -0.3 is 0 Å². The molecule has 19 heavy (non-hydrogen) atoms. The molecule has 0 aliphatic heterocycles. The Morgan fingerprint density at radius 1 is 1.16 bits per heavy atom. The Labute approximate surface area is 110 Å². The molecule has 3 aromatic rings. The zero-order valence-electron chi connectivity index (χ0n) is 10.6. The van der Waals surface area contributed by atoms with E-state index in [1.54, 1.807) is 6.20 Å². The topological polar surface area (TPSA) is 58.6 Å². The number of aromatic nitrogens is 3. The number of fused-ring (bicyclic) bond motifs is 1. The normalized spacial score (nSPS) is 10.8. The summed E-state index contributed by atoms with van der Waals surface area (Å²) >= 11 is 0. The van der Waals surface area contributed by atoms with E-state index in [0.717, 1.165) is 16.8 Å². The van der Waals surface area contributed by atoms with E-state index in [0.29, 0.717) is 11.8 Å². The fourth-order valence-corrected chi connectivity index (χ4v) is 2.17. The molecule has 1 N–H and O–H groups in total. The van der Waals surface area contributed by atoms with Gasteiger partial charge in [-0.25, -0.2) is 5.10 Å². The van der Waals surface area contributed by atoms with Crippen molar-refractivity contribution in [2.24, 2.45) is 0 Å². The molecule has 3 rings (SSSR count). The van der Waals surface area contributed by atoms with Gasteiger partial charge in [0, 0.05) is 23.7 Å². The first-order chi connectivity index (χ1) is 9.24. The van der Waals surface area contributed by atoms with Gasteiger partial charge in [-0.2, -0.15) is 5.10 Å². The molecule has 0 amide bonds. The standard InChI is InChI=1S/C15H13N3O/c1-10-6-7-16-11(8-10)9-14-12-4-2-3-5-13(12)15(19)18-17-14/h2-8H,9H2,1H3,(H,18,19). The zero-order valence-corrected chi connectivity index (χ0v) is 10.6. The summed E-state index contributed by atoms with van der Waals surface area (Å²) in [6.07, 6.45) is 2.40. The minimum Gasteiger partial charge on any atom is -0.267 e. The number of pyridine rings is 1. The number of nitrogens with zero attached hydrogens (tertiary/aromatic N) is 2. The van der Waals surface area contributed by atoms with Crippen molar-refractivity contribution in [1.29, 1.82) is 0 Å². The fraction of sp³-hybridized carbons (Fsp3) is 0.133. The molecule has 1 aromatic carbocycles. The number of benzene rings is 1. The van der Waals surface area contributed by atoms with Crippen molar-refractivity contribution in [3.63, 3.8) is 0 Å². The number of nitrogens with one attached hydrogen (secondary N) is 1. The van der Waals surface area contributed by atoms with Gasteiger partial charge in [-0.05, 0) is 30.7 Å². The largest absolute Gasteiger partial charge is 0.272 e. The van der Waals surface area contributed by atoms with Crippen molar-refractivity contribution in [1.82, 2.24) is 15.2 Å². The predicted molar refractivity (Wildman–Crippen MR) is 74.1 cm³/mol. The van der Waals surface area contributed by atoms with E-state index in [1.807, 2.05) is 43.3 Å². The number of rotatable bonds is 2. The molecule has 4 heteroatoms. The van der Waals surface area contributed by atoms with Gasteiger partial charge in [0.15, 0.2) is 0 Å². The molecule has 0 fully saturated rings. The number of aryl methyl sites for hydroxylation is 1. The maximum atomic E-state index is 11.7. The minimum absolute atomic E-state index is 0.156. The van der Waals surface area contributed by atoms with Crippen molar-refractivity contribution in [2.45, 2.75) is 13.3 Å². The van der Waals surface area contributed by atoms with Crippen LogP contribution >= 0.6 is 0 Å². The summed E-state index contributed by atoms with van der Waals surface area (Å²) < 4.78 is 0. The van der Waals surface area contributed by atoms with Crippen LogP contribution in [0.4, 0.5) is 0 Å². The van der Waals surface area contributed by atoms with Crippen LogP contribution in [0.15, 0.2) is 47.4 Å². The quantitative estimate of drug-likeness (QED) is 0.759. The Morgan fingerprint density at radius 2 is 1.95 bits per heavy atom. The third kappa shape index (κ3) is 2.25. The third-order valence-electron chi connectivity index (χ3n) is 3.10. The molecule has 0 aliphatic rings. The van der Waals surface area contributed by atoms with Gasteiger partial charge >= 0.3 is 0 Å². The molecule has 2 aromatic heterocycles. The van der Waals surface area contributed by atoms with Crippen molar-refractivity contribution >= 4 is 10.8 Å². The molecule has 0 saturated carbocycles. The summed E-state index contributed by atoms with van der Waals surface area (Å²) in [6, 6.07) is 11.5. The van der Waals surface area contributed by atoms with Crippen LogP contribution in [-0.2, 0) is 6.42 Å². The second kappa shape index (κ2) is 4.65. The van der Waals surface area contributed by atoms with Gasteiger partial charge in [0.05, 0.1) is 11.1 Å². The zero-order chi connectivity index (χ0) is 13.2. The molecule has 4 nitrogen and oxygen atoms in total. The Hall–Kier alpha value is -2.49. The summed E-state index contributed by atoms with van der Waals surface area (Å²) in [5.41, 5.74) is 2.80. The van der Waals surface area contributed by atoms with Gasteiger partial charge in [0.2, 0.25) is 0 Å². The van der Waals surface area contributed by atoms with E-state index >= 15 is 0 Å². The van der Waals surface area contributed by atoms with Crippen molar-refractivity contribution in [2.75, 3.05) is 0 Å². The van der Waals surface area contributed by atoms with Crippen LogP contribution in [0.25, 0.3) is 10.8 Å². The second-order valence-corrected chi connectivity index (χ2v) is 4.55. The van der Waals surface area contributed by atoms with E-state index in [2.05, 4.69) is 15.2 Å². The molecule has 0 bridgehead atoms. The molecular formula is C15H13N3O. The average Bonchev–Trinajstić information content (AvgIpc) is 2.42. The van der Waals surface area contributed by atoms with Gasteiger partial charge in [-0.1, -0.05) is 18.2 Å². The summed E-state index contributed by atoms with van der Waals surface area (Å²) in [6.45, 7) is 2.03. The Bertz CT molecular complexity index is 792. The van der Waals surface area contributed by atoms with Crippen LogP contribution in [0.3, 0.4) is 0 Å². The minimum atomic E-state index is -0.156. The van der Waals surface area contributed by atoms with Crippen LogP contribution < -0.4 is 5.56 Å². The number of hydrogen-bond acceptors (Lipinski definition) is 3. The second-order valence-electron chi connectivity index (χ2n) is 4.55. The predicted octanol–water partition coefficient (Wildman–Crippen LogP) is 2.22. The summed E-state index contributed by atoms with van der Waals surface area (Å²) in [4.78, 5) is 16.0. The lowest BCUT2D eigenvalue weighted by molar-refractivity contribution is 0.916. The van der Waals surface area contributed by atoms with E-state index in [9.17, 15) is 4.79 Å². The first kappa shape index (κ1) is 11.6. The Kier molecular flexibility index (Phi) is 2.83.